The van der Waals surface area contributed by atoms with Crippen molar-refractivity contribution in [2.24, 2.45) is 0 Å². The molecule has 0 spiro atoms. The van der Waals surface area contributed by atoms with Gasteiger partial charge in [0, 0.05) is 39.3 Å². The van der Waals surface area contributed by atoms with E-state index in [2.05, 4.69) is 20.9 Å². The topological polar surface area (TPSA) is 100 Å². The first kappa shape index (κ1) is 26.7. The molecule has 0 aliphatic rings. The summed E-state index contributed by atoms with van der Waals surface area (Å²) in [5, 5.41) is 8.76. The fraction of sp³-hybridized carbons (Fsp3) is 0.0345. The van der Waals surface area contributed by atoms with Crippen LogP contribution in [0.3, 0.4) is 0 Å². The fourth-order valence-electron chi connectivity index (χ4n) is 3.33. The van der Waals surface area contributed by atoms with Crippen LogP contribution in [0.15, 0.2) is 114 Å². The Hall–Kier alpha value is -4.40. The molecule has 3 aromatic carbocycles. The van der Waals surface area contributed by atoms with Gasteiger partial charge in [-0.05, 0) is 60.2 Å². The molecule has 3 amide bonds. The molecular weight excluding hydrogens is 520 g/mol. The first-order valence-corrected chi connectivity index (χ1v) is 12.9. The number of rotatable bonds is 9. The molecule has 3 N–H and O–H groups in total. The van der Waals surface area contributed by atoms with Crippen LogP contribution in [0.5, 0.6) is 0 Å². The van der Waals surface area contributed by atoms with Gasteiger partial charge in [0.1, 0.15) is 5.70 Å². The van der Waals surface area contributed by atoms with Crippen molar-refractivity contribution >= 4 is 58.5 Å². The number of thioether (sulfide) groups is 1. The van der Waals surface area contributed by atoms with Gasteiger partial charge < -0.3 is 16.0 Å². The molecule has 0 radical (unpaired) electrons. The predicted molar refractivity (Wildman–Crippen MR) is 152 cm³/mol. The largest absolute Gasteiger partial charge is 0.325 e. The quantitative estimate of drug-likeness (QED) is 0.181. The third-order valence-corrected chi connectivity index (χ3v) is 6.50. The van der Waals surface area contributed by atoms with E-state index < -0.39 is 11.8 Å². The van der Waals surface area contributed by atoms with E-state index in [-0.39, 0.29) is 17.4 Å². The number of aromatic nitrogens is 1. The fourth-order valence-corrected chi connectivity index (χ4v) is 4.28. The van der Waals surface area contributed by atoms with Crippen LogP contribution >= 0.6 is 23.4 Å². The first-order chi connectivity index (χ1) is 18.5. The van der Waals surface area contributed by atoms with E-state index in [4.69, 9.17) is 11.6 Å². The summed E-state index contributed by atoms with van der Waals surface area (Å²) in [5.41, 5.74) is 2.20. The van der Waals surface area contributed by atoms with Crippen molar-refractivity contribution in [3.8, 4) is 0 Å². The molecule has 1 aromatic heterocycles. The lowest BCUT2D eigenvalue weighted by Crippen LogP contribution is -2.30. The van der Waals surface area contributed by atoms with Crippen molar-refractivity contribution in [1.82, 2.24) is 10.3 Å². The molecule has 4 aromatic rings. The summed E-state index contributed by atoms with van der Waals surface area (Å²) in [6.07, 6.45) is 4.73. The maximum Gasteiger partial charge on any atom is 0.272 e. The zero-order valence-electron chi connectivity index (χ0n) is 20.1. The smallest absolute Gasteiger partial charge is 0.272 e. The molecule has 190 valence electrons. The van der Waals surface area contributed by atoms with Crippen LogP contribution < -0.4 is 16.0 Å². The summed E-state index contributed by atoms with van der Waals surface area (Å²) in [7, 11) is 0. The number of halogens is 1. The molecule has 0 aliphatic heterocycles. The van der Waals surface area contributed by atoms with Crippen LogP contribution in [0.25, 0.3) is 6.08 Å². The van der Waals surface area contributed by atoms with Crippen LogP contribution in [-0.4, -0.2) is 28.5 Å². The van der Waals surface area contributed by atoms with E-state index in [0.29, 0.717) is 27.5 Å². The number of nitrogens with zero attached hydrogens (tertiary/aromatic N) is 1. The normalized spacial score (nSPS) is 10.9. The number of hydrogen-bond acceptors (Lipinski definition) is 5. The van der Waals surface area contributed by atoms with Gasteiger partial charge in [-0.1, -0.05) is 54.1 Å². The molecule has 0 aliphatic carbocycles. The lowest BCUT2D eigenvalue weighted by molar-refractivity contribution is -0.114. The molecule has 0 bridgehead atoms. The molecule has 38 heavy (non-hydrogen) atoms. The van der Waals surface area contributed by atoms with Crippen LogP contribution in [0.1, 0.15) is 15.9 Å². The summed E-state index contributed by atoms with van der Waals surface area (Å²) >= 11 is 7.62. The van der Waals surface area contributed by atoms with Gasteiger partial charge in [-0.15, -0.1) is 11.8 Å². The van der Waals surface area contributed by atoms with Crippen molar-refractivity contribution < 1.29 is 14.4 Å². The van der Waals surface area contributed by atoms with E-state index in [0.717, 1.165) is 4.90 Å². The number of anilines is 2. The summed E-state index contributed by atoms with van der Waals surface area (Å²) in [4.78, 5) is 43.1. The molecule has 9 heteroatoms. The zero-order valence-corrected chi connectivity index (χ0v) is 21.6. The second-order valence-corrected chi connectivity index (χ2v) is 9.41. The number of nitrogens with one attached hydrogen (secondary N) is 3. The van der Waals surface area contributed by atoms with Crippen LogP contribution in [0.4, 0.5) is 11.4 Å². The standard InChI is InChI=1S/C29H23ClN4O3S/c30-25-12-5-4-9-21(25)17-26(34-28(36)20-7-2-1-3-8-20)29(37)33-23-10-6-11-24(18-23)38-19-27(35)32-22-13-15-31-16-14-22/h1-18H,19H2,(H,33,37)(H,34,36)(H,31,32,35)/b26-17+. The maximum atomic E-state index is 13.3. The summed E-state index contributed by atoms with van der Waals surface area (Å²) in [5.74, 6) is -0.926. The SMILES string of the molecule is O=C(CSc1cccc(NC(=O)/C(=C\c2ccccc2Cl)NC(=O)c2ccccc2)c1)Nc1ccncc1. The van der Waals surface area contributed by atoms with Crippen molar-refractivity contribution in [2.45, 2.75) is 4.90 Å². The highest BCUT2D eigenvalue weighted by atomic mass is 35.5. The number of benzene rings is 3. The van der Waals surface area contributed by atoms with Gasteiger partial charge in [0.25, 0.3) is 11.8 Å². The zero-order chi connectivity index (χ0) is 26.7. The van der Waals surface area contributed by atoms with Gasteiger partial charge in [-0.3, -0.25) is 19.4 Å². The Labute approximate surface area is 229 Å². The molecule has 1 heterocycles. The minimum absolute atomic E-state index is 0.0294. The van der Waals surface area contributed by atoms with Crippen molar-refractivity contribution in [2.75, 3.05) is 16.4 Å². The summed E-state index contributed by atoms with van der Waals surface area (Å²) in [6, 6.07) is 26.2. The van der Waals surface area contributed by atoms with E-state index >= 15 is 0 Å². The lowest BCUT2D eigenvalue weighted by atomic mass is 10.1. The van der Waals surface area contributed by atoms with Crippen LogP contribution in [-0.2, 0) is 9.59 Å². The minimum atomic E-state index is -0.521. The summed E-state index contributed by atoms with van der Waals surface area (Å²) in [6.45, 7) is 0. The molecule has 4 rings (SSSR count). The second kappa shape index (κ2) is 13.2. The van der Waals surface area contributed by atoms with Gasteiger partial charge in [0.05, 0.1) is 5.75 Å². The molecule has 0 saturated carbocycles. The van der Waals surface area contributed by atoms with E-state index in [1.807, 2.05) is 6.07 Å². The maximum absolute atomic E-state index is 13.3. The predicted octanol–water partition coefficient (Wildman–Crippen LogP) is 5.88. The number of carbonyl (C=O) groups excluding carboxylic acids is 3. The van der Waals surface area contributed by atoms with Gasteiger partial charge in [0.15, 0.2) is 0 Å². The van der Waals surface area contributed by atoms with E-state index in [1.165, 1.54) is 17.8 Å². The van der Waals surface area contributed by atoms with Crippen LogP contribution in [0, 0.1) is 0 Å². The summed E-state index contributed by atoms with van der Waals surface area (Å²) < 4.78 is 0. The van der Waals surface area contributed by atoms with Gasteiger partial charge >= 0.3 is 0 Å². The molecule has 7 nitrogen and oxygen atoms in total. The van der Waals surface area contributed by atoms with Gasteiger partial charge in [-0.2, -0.15) is 0 Å². The highest BCUT2D eigenvalue weighted by Gasteiger charge is 2.16. The Kier molecular flexibility index (Phi) is 9.28. The highest BCUT2D eigenvalue weighted by molar-refractivity contribution is 8.00. The Morgan fingerprint density at radius 3 is 2.32 bits per heavy atom. The van der Waals surface area contributed by atoms with E-state index in [1.54, 1.807) is 97.3 Å². The third kappa shape index (κ3) is 7.80. The van der Waals surface area contributed by atoms with Gasteiger partial charge in [-0.25, -0.2) is 0 Å². The average Bonchev–Trinajstić information content (AvgIpc) is 2.94. The van der Waals surface area contributed by atoms with Crippen molar-refractivity contribution in [3.63, 3.8) is 0 Å². The molecule has 0 fully saturated rings. The van der Waals surface area contributed by atoms with Crippen LogP contribution in [0.2, 0.25) is 5.02 Å². The lowest BCUT2D eigenvalue weighted by Gasteiger charge is -2.12. The number of pyridine rings is 1. The number of hydrogen-bond donors (Lipinski definition) is 3. The Morgan fingerprint density at radius 1 is 0.816 bits per heavy atom. The Bertz CT molecular complexity index is 1460. The number of amides is 3. The van der Waals surface area contributed by atoms with E-state index in [9.17, 15) is 14.4 Å². The molecule has 0 unspecified atom stereocenters. The molecule has 0 saturated heterocycles. The van der Waals surface area contributed by atoms with Crippen molar-refractivity contribution in [1.29, 1.82) is 0 Å². The third-order valence-electron chi connectivity index (χ3n) is 5.16. The minimum Gasteiger partial charge on any atom is -0.325 e. The van der Waals surface area contributed by atoms with Gasteiger partial charge in [0.2, 0.25) is 5.91 Å². The second-order valence-electron chi connectivity index (χ2n) is 7.95. The number of carbonyl (C=O) groups is 3. The van der Waals surface area contributed by atoms with Crippen molar-refractivity contribution in [3.05, 3.63) is 125 Å². The Balaban J connectivity index is 1.46. The molecule has 0 atom stereocenters. The first-order valence-electron chi connectivity index (χ1n) is 11.5. The highest BCUT2D eigenvalue weighted by Crippen LogP contribution is 2.23. The Morgan fingerprint density at radius 2 is 1.55 bits per heavy atom. The monoisotopic (exact) mass is 542 g/mol. The average molecular weight is 543 g/mol. The molecular formula is C29H23ClN4O3S.